The van der Waals surface area contributed by atoms with Crippen molar-refractivity contribution in [2.75, 3.05) is 0 Å². The molecule has 240 valence electrons. The van der Waals surface area contributed by atoms with E-state index < -0.39 is 17.3 Å². The van der Waals surface area contributed by atoms with Crippen LogP contribution in [0.5, 0.6) is 0 Å². The minimum absolute atomic E-state index is 0.0956. The van der Waals surface area contributed by atoms with E-state index in [9.17, 15) is 14.7 Å². The van der Waals surface area contributed by atoms with Gasteiger partial charge in [0.15, 0.2) is 0 Å². The third-order valence-electron chi connectivity index (χ3n) is 9.26. The number of carboxylic acid groups (broad SMARTS) is 1. The van der Waals surface area contributed by atoms with Crippen molar-refractivity contribution in [2.24, 2.45) is 17.3 Å². The SMILES string of the molecule is CCCCCCCCCCCCCCCCCC(CCCCCCCC(C)C)OC(=O)C1(C)C=CCCC1C(=O)O. The summed E-state index contributed by atoms with van der Waals surface area (Å²) in [6.07, 6.45) is 34.2. The molecule has 1 aliphatic rings. The van der Waals surface area contributed by atoms with Crippen LogP contribution in [0.25, 0.3) is 0 Å². The van der Waals surface area contributed by atoms with Crippen molar-refractivity contribution in [3.8, 4) is 0 Å². The van der Waals surface area contributed by atoms with E-state index in [2.05, 4.69) is 20.8 Å². The van der Waals surface area contributed by atoms with Crippen LogP contribution < -0.4 is 0 Å². The number of ether oxygens (including phenoxy) is 1. The number of unbranched alkanes of at least 4 members (excludes halogenated alkanes) is 18. The van der Waals surface area contributed by atoms with E-state index in [1.54, 1.807) is 13.0 Å². The Labute approximate surface area is 254 Å². The van der Waals surface area contributed by atoms with Crippen LogP contribution in [0.3, 0.4) is 0 Å². The minimum Gasteiger partial charge on any atom is -0.481 e. The van der Waals surface area contributed by atoms with Crippen molar-refractivity contribution in [3.05, 3.63) is 12.2 Å². The number of rotatable bonds is 27. The summed E-state index contributed by atoms with van der Waals surface area (Å²) in [5.41, 5.74) is -1.06. The zero-order valence-corrected chi connectivity index (χ0v) is 27.7. The van der Waals surface area contributed by atoms with Crippen LogP contribution >= 0.6 is 0 Å². The van der Waals surface area contributed by atoms with Gasteiger partial charge < -0.3 is 9.84 Å². The second kappa shape index (κ2) is 24.2. The Morgan fingerprint density at radius 3 is 1.56 bits per heavy atom. The Balaban J connectivity index is 2.33. The molecule has 0 spiro atoms. The zero-order valence-electron chi connectivity index (χ0n) is 27.7. The van der Waals surface area contributed by atoms with Gasteiger partial charge in [-0.15, -0.1) is 0 Å². The number of hydrogen-bond acceptors (Lipinski definition) is 3. The van der Waals surface area contributed by atoms with Gasteiger partial charge in [-0.2, -0.15) is 0 Å². The molecule has 0 fully saturated rings. The molecule has 0 aromatic heterocycles. The predicted molar refractivity (Wildman–Crippen MR) is 174 cm³/mol. The summed E-state index contributed by atoms with van der Waals surface area (Å²) in [6, 6.07) is 0. The smallest absolute Gasteiger partial charge is 0.316 e. The molecule has 4 heteroatoms. The lowest BCUT2D eigenvalue weighted by atomic mass is 9.71. The normalized spacial score (nSPS) is 19.5. The van der Waals surface area contributed by atoms with Gasteiger partial charge in [0.2, 0.25) is 0 Å². The first-order valence-corrected chi connectivity index (χ1v) is 17.9. The van der Waals surface area contributed by atoms with E-state index in [0.29, 0.717) is 12.8 Å². The number of carboxylic acids is 1. The highest BCUT2D eigenvalue weighted by Crippen LogP contribution is 2.38. The molecule has 0 radical (unpaired) electrons. The molecule has 0 aromatic carbocycles. The van der Waals surface area contributed by atoms with E-state index in [4.69, 9.17) is 4.74 Å². The molecular formula is C37H68O4. The maximum Gasteiger partial charge on any atom is 0.316 e. The summed E-state index contributed by atoms with van der Waals surface area (Å²) in [4.78, 5) is 25.2. The number of aliphatic carboxylic acids is 1. The zero-order chi connectivity index (χ0) is 30.2. The molecule has 1 rings (SSSR count). The van der Waals surface area contributed by atoms with Crippen LogP contribution in [0.15, 0.2) is 12.2 Å². The van der Waals surface area contributed by atoms with Gasteiger partial charge >= 0.3 is 11.9 Å². The molecular weight excluding hydrogens is 508 g/mol. The Kier molecular flexibility index (Phi) is 22.2. The van der Waals surface area contributed by atoms with Gasteiger partial charge in [0.25, 0.3) is 0 Å². The third kappa shape index (κ3) is 18.1. The highest BCUT2D eigenvalue weighted by molar-refractivity contribution is 5.86. The largest absolute Gasteiger partial charge is 0.481 e. The lowest BCUT2D eigenvalue weighted by molar-refractivity contribution is -0.168. The van der Waals surface area contributed by atoms with E-state index in [-0.39, 0.29) is 12.1 Å². The quantitative estimate of drug-likeness (QED) is 0.0600. The Bertz CT molecular complexity index is 684. The lowest BCUT2D eigenvalue weighted by Gasteiger charge is -2.34. The monoisotopic (exact) mass is 577 g/mol. The molecule has 1 aliphatic carbocycles. The van der Waals surface area contributed by atoms with Gasteiger partial charge in [-0.25, -0.2) is 0 Å². The maximum atomic E-state index is 13.3. The number of esters is 1. The first-order valence-electron chi connectivity index (χ1n) is 17.9. The van der Waals surface area contributed by atoms with E-state index in [1.165, 1.54) is 122 Å². The molecule has 3 atom stereocenters. The maximum absolute atomic E-state index is 13.3. The predicted octanol–water partition coefficient (Wildman–Crippen LogP) is 11.6. The van der Waals surface area contributed by atoms with Crippen molar-refractivity contribution < 1.29 is 19.4 Å². The van der Waals surface area contributed by atoms with Gasteiger partial charge in [-0.05, 0) is 51.4 Å². The fourth-order valence-corrected chi connectivity index (χ4v) is 6.34. The molecule has 0 amide bonds. The average Bonchev–Trinajstić information content (AvgIpc) is 2.94. The summed E-state index contributed by atoms with van der Waals surface area (Å²) in [5, 5.41) is 9.75. The van der Waals surface area contributed by atoms with Crippen LogP contribution in [0.4, 0.5) is 0 Å². The van der Waals surface area contributed by atoms with Crippen molar-refractivity contribution in [1.82, 2.24) is 0 Å². The molecule has 1 N–H and O–H groups in total. The van der Waals surface area contributed by atoms with Crippen LogP contribution in [-0.2, 0) is 14.3 Å². The number of carbonyl (C=O) groups is 2. The Morgan fingerprint density at radius 2 is 1.15 bits per heavy atom. The minimum atomic E-state index is -1.06. The lowest BCUT2D eigenvalue weighted by Crippen LogP contribution is -2.42. The van der Waals surface area contributed by atoms with Gasteiger partial charge in [0.1, 0.15) is 6.10 Å². The van der Waals surface area contributed by atoms with E-state index >= 15 is 0 Å². The molecule has 41 heavy (non-hydrogen) atoms. The molecule has 0 heterocycles. The summed E-state index contributed by atoms with van der Waals surface area (Å²) in [6.45, 7) is 8.60. The number of carbonyl (C=O) groups excluding carboxylic acids is 1. The fourth-order valence-electron chi connectivity index (χ4n) is 6.34. The van der Waals surface area contributed by atoms with E-state index in [1.807, 2.05) is 6.08 Å². The number of hydrogen-bond donors (Lipinski definition) is 1. The third-order valence-corrected chi connectivity index (χ3v) is 9.26. The molecule has 0 aromatic rings. The topological polar surface area (TPSA) is 63.6 Å². The molecule has 0 saturated carbocycles. The van der Waals surface area contributed by atoms with Crippen LogP contribution in [0.2, 0.25) is 0 Å². The molecule has 0 bridgehead atoms. The summed E-state index contributed by atoms with van der Waals surface area (Å²) in [7, 11) is 0. The van der Waals surface area contributed by atoms with Gasteiger partial charge in [-0.3, -0.25) is 9.59 Å². The first-order chi connectivity index (χ1) is 19.8. The average molecular weight is 577 g/mol. The molecule has 0 aliphatic heterocycles. The van der Waals surface area contributed by atoms with Crippen molar-refractivity contribution >= 4 is 11.9 Å². The second-order valence-electron chi connectivity index (χ2n) is 13.7. The van der Waals surface area contributed by atoms with Gasteiger partial charge in [0, 0.05) is 0 Å². The van der Waals surface area contributed by atoms with Crippen LogP contribution in [-0.4, -0.2) is 23.1 Å². The summed E-state index contributed by atoms with van der Waals surface area (Å²) >= 11 is 0. The fraction of sp³-hybridized carbons (Fsp3) is 0.892. The van der Waals surface area contributed by atoms with Crippen molar-refractivity contribution in [1.29, 1.82) is 0 Å². The summed E-state index contributed by atoms with van der Waals surface area (Å²) in [5.74, 6) is -1.16. The van der Waals surface area contributed by atoms with Crippen molar-refractivity contribution in [3.63, 3.8) is 0 Å². The van der Waals surface area contributed by atoms with Gasteiger partial charge in [-0.1, -0.05) is 155 Å². The molecule has 0 saturated heterocycles. The standard InChI is InChI=1S/C37H68O4/c1-5-6-7-8-9-10-11-12-13-14-15-16-17-20-23-28-33(29-24-21-18-19-22-27-32(2)3)41-36(40)37(4)31-26-25-30-34(37)35(38)39/h26,31-34H,5-25,27-30H2,1-4H3,(H,38,39). The Morgan fingerprint density at radius 1 is 0.732 bits per heavy atom. The van der Waals surface area contributed by atoms with Crippen LogP contribution in [0, 0.1) is 17.3 Å². The second-order valence-corrected chi connectivity index (χ2v) is 13.7. The first kappa shape index (κ1) is 37.7. The van der Waals surface area contributed by atoms with Gasteiger partial charge in [0.05, 0.1) is 11.3 Å². The molecule has 4 nitrogen and oxygen atoms in total. The van der Waals surface area contributed by atoms with Crippen LogP contribution in [0.1, 0.15) is 188 Å². The Hall–Kier alpha value is -1.32. The highest BCUT2D eigenvalue weighted by atomic mass is 16.5. The van der Waals surface area contributed by atoms with Crippen molar-refractivity contribution in [2.45, 2.75) is 194 Å². The highest BCUT2D eigenvalue weighted by Gasteiger charge is 2.46. The summed E-state index contributed by atoms with van der Waals surface area (Å²) < 4.78 is 6.10. The van der Waals surface area contributed by atoms with E-state index in [0.717, 1.165) is 31.6 Å². The number of allylic oxidation sites excluding steroid dienone is 1. The molecule has 3 unspecified atom stereocenters.